The molecule has 0 atom stereocenters. The van der Waals surface area contributed by atoms with E-state index < -0.39 is 0 Å². The second-order valence-electron chi connectivity index (χ2n) is 4.54. The molecule has 6 heteroatoms. The zero-order valence-corrected chi connectivity index (χ0v) is 14.2. The van der Waals surface area contributed by atoms with Gasteiger partial charge in [-0.2, -0.15) is 0 Å². The summed E-state index contributed by atoms with van der Waals surface area (Å²) in [6, 6.07) is 4.17. The number of thiophene rings is 1. The van der Waals surface area contributed by atoms with Gasteiger partial charge in [-0.05, 0) is 24.8 Å². The Kier molecular flexibility index (Phi) is 6.69. The number of nitrogens with zero attached hydrogens (tertiary/aromatic N) is 2. The van der Waals surface area contributed by atoms with Crippen molar-refractivity contribution < 1.29 is 0 Å². The number of guanidine groups is 1. The predicted octanol–water partition coefficient (Wildman–Crippen LogP) is 3.06. The third-order valence-corrected chi connectivity index (χ3v) is 4.80. The molecule has 0 aliphatic heterocycles. The number of aromatic nitrogens is 1. The molecule has 0 aliphatic rings. The van der Waals surface area contributed by atoms with Gasteiger partial charge in [-0.25, -0.2) is 9.98 Å². The molecule has 0 bridgehead atoms. The minimum Gasteiger partial charge on any atom is -0.357 e. The summed E-state index contributed by atoms with van der Waals surface area (Å²) in [7, 11) is 0. The monoisotopic (exact) mass is 322 g/mol. The van der Waals surface area contributed by atoms with Crippen molar-refractivity contribution >= 4 is 28.6 Å². The first kappa shape index (κ1) is 16.0. The SMILES string of the molecule is CCNC(=NCc1cccs1)NCCc1csc(CC)n1. The highest BCUT2D eigenvalue weighted by atomic mass is 32.1. The molecule has 4 nitrogen and oxygen atoms in total. The van der Waals surface area contributed by atoms with Crippen LogP contribution in [0.25, 0.3) is 0 Å². The second kappa shape index (κ2) is 8.79. The quantitative estimate of drug-likeness (QED) is 0.608. The molecule has 0 saturated carbocycles. The van der Waals surface area contributed by atoms with Crippen LogP contribution < -0.4 is 10.6 Å². The summed E-state index contributed by atoms with van der Waals surface area (Å²) in [5, 5.41) is 12.1. The highest BCUT2D eigenvalue weighted by Gasteiger charge is 2.02. The summed E-state index contributed by atoms with van der Waals surface area (Å²) in [5.74, 6) is 0.872. The van der Waals surface area contributed by atoms with Gasteiger partial charge in [0, 0.05) is 29.8 Å². The van der Waals surface area contributed by atoms with Crippen molar-refractivity contribution in [1.82, 2.24) is 15.6 Å². The summed E-state index contributed by atoms with van der Waals surface area (Å²) in [5.41, 5.74) is 1.17. The van der Waals surface area contributed by atoms with E-state index in [2.05, 4.69) is 57.4 Å². The van der Waals surface area contributed by atoms with Crippen LogP contribution in [-0.4, -0.2) is 24.0 Å². The molecule has 21 heavy (non-hydrogen) atoms. The lowest BCUT2D eigenvalue weighted by Gasteiger charge is -2.10. The van der Waals surface area contributed by atoms with E-state index in [0.29, 0.717) is 0 Å². The maximum Gasteiger partial charge on any atom is 0.191 e. The third kappa shape index (κ3) is 5.47. The van der Waals surface area contributed by atoms with Crippen LogP contribution in [0.3, 0.4) is 0 Å². The van der Waals surface area contributed by atoms with E-state index in [4.69, 9.17) is 0 Å². The fourth-order valence-corrected chi connectivity index (χ4v) is 3.24. The standard InChI is InChI=1S/C15H22N4S2/c1-3-14-19-12(11-21-14)7-8-17-15(16-4-2)18-10-13-6-5-9-20-13/h5-6,9,11H,3-4,7-8,10H2,1-2H3,(H2,16,17,18). The van der Waals surface area contributed by atoms with Gasteiger partial charge in [0.2, 0.25) is 0 Å². The van der Waals surface area contributed by atoms with E-state index in [1.165, 1.54) is 15.6 Å². The van der Waals surface area contributed by atoms with Gasteiger partial charge < -0.3 is 10.6 Å². The lowest BCUT2D eigenvalue weighted by Crippen LogP contribution is -2.38. The van der Waals surface area contributed by atoms with Crippen LogP contribution >= 0.6 is 22.7 Å². The van der Waals surface area contributed by atoms with Gasteiger partial charge >= 0.3 is 0 Å². The van der Waals surface area contributed by atoms with Gasteiger partial charge in [0.1, 0.15) is 0 Å². The van der Waals surface area contributed by atoms with Crippen molar-refractivity contribution in [1.29, 1.82) is 0 Å². The summed E-state index contributed by atoms with van der Waals surface area (Å²) in [6.07, 6.45) is 1.95. The minimum atomic E-state index is 0.726. The molecule has 2 aromatic heterocycles. The molecule has 0 spiro atoms. The molecular formula is C15H22N4S2. The van der Waals surface area contributed by atoms with Crippen molar-refractivity contribution in [2.45, 2.75) is 33.2 Å². The minimum absolute atomic E-state index is 0.726. The van der Waals surface area contributed by atoms with E-state index in [1.807, 2.05) is 0 Å². The van der Waals surface area contributed by atoms with Crippen molar-refractivity contribution in [3.63, 3.8) is 0 Å². The smallest absolute Gasteiger partial charge is 0.191 e. The molecule has 2 heterocycles. The van der Waals surface area contributed by atoms with Crippen molar-refractivity contribution in [3.05, 3.63) is 38.5 Å². The lowest BCUT2D eigenvalue weighted by molar-refractivity contribution is 0.790. The molecule has 2 rings (SSSR count). The fourth-order valence-electron chi connectivity index (χ4n) is 1.84. The fraction of sp³-hybridized carbons (Fsp3) is 0.467. The number of nitrogens with one attached hydrogen (secondary N) is 2. The average Bonchev–Trinajstić information content (AvgIpc) is 3.16. The van der Waals surface area contributed by atoms with Crippen LogP contribution in [0.1, 0.15) is 29.4 Å². The Labute approximate surface area is 134 Å². The number of aliphatic imine (C=N–C) groups is 1. The van der Waals surface area contributed by atoms with E-state index in [-0.39, 0.29) is 0 Å². The van der Waals surface area contributed by atoms with Crippen LogP contribution in [0.2, 0.25) is 0 Å². The van der Waals surface area contributed by atoms with Crippen molar-refractivity contribution in [2.75, 3.05) is 13.1 Å². The first-order valence-corrected chi connectivity index (χ1v) is 9.05. The summed E-state index contributed by atoms with van der Waals surface area (Å²) in [6.45, 7) is 6.66. The Morgan fingerprint density at radius 1 is 1.29 bits per heavy atom. The second-order valence-corrected chi connectivity index (χ2v) is 6.51. The molecule has 0 unspecified atom stereocenters. The van der Waals surface area contributed by atoms with E-state index in [1.54, 1.807) is 22.7 Å². The van der Waals surface area contributed by atoms with Gasteiger partial charge in [0.05, 0.1) is 17.2 Å². The molecule has 0 amide bonds. The molecular weight excluding hydrogens is 300 g/mol. The van der Waals surface area contributed by atoms with Gasteiger partial charge in [-0.3, -0.25) is 0 Å². The molecule has 0 aliphatic carbocycles. The average molecular weight is 323 g/mol. The van der Waals surface area contributed by atoms with Crippen molar-refractivity contribution in [2.24, 2.45) is 4.99 Å². The number of hydrogen-bond acceptors (Lipinski definition) is 4. The number of aryl methyl sites for hydroxylation is 1. The first-order chi connectivity index (χ1) is 10.3. The summed E-state index contributed by atoms with van der Waals surface area (Å²) >= 11 is 3.48. The van der Waals surface area contributed by atoms with E-state index in [0.717, 1.165) is 38.4 Å². The molecule has 0 saturated heterocycles. The molecule has 2 aromatic rings. The first-order valence-electron chi connectivity index (χ1n) is 7.29. The van der Waals surface area contributed by atoms with Crippen LogP contribution in [0.15, 0.2) is 27.9 Å². The van der Waals surface area contributed by atoms with Gasteiger partial charge in [-0.15, -0.1) is 22.7 Å². The highest BCUT2D eigenvalue weighted by Crippen LogP contribution is 2.10. The van der Waals surface area contributed by atoms with Gasteiger partial charge in [0.15, 0.2) is 5.96 Å². The molecule has 0 fully saturated rings. The molecule has 2 N–H and O–H groups in total. The maximum atomic E-state index is 4.60. The van der Waals surface area contributed by atoms with E-state index >= 15 is 0 Å². The predicted molar refractivity (Wildman–Crippen MR) is 92.3 cm³/mol. The van der Waals surface area contributed by atoms with Gasteiger partial charge in [-0.1, -0.05) is 13.0 Å². The van der Waals surface area contributed by atoms with Crippen LogP contribution in [0, 0.1) is 0 Å². The van der Waals surface area contributed by atoms with E-state index in [9.17, 15) is 0 Å². The van der Waals surface area contributed by atoms with Gasteiger partial charge in [0.25, 0.3) is 0 Å². The summed E-state index contributed by atoms with van der Waals surface area (Å²) < 4.78 is 0. The summed E-state index contributed by atoms with van der Waals surface area (Å²) in [4.78, 5) is 10.5. The third-order valence-electron chi connectivity index (χ3n) is 2.89. The topological polar surface area (TPSA) is 49.3 Å². The Balaban J connectivity index is 1.80. The van der Waals surface area contributed by atoms with Crippen LogP contribution in [-0.2, 0) is 19.4 Å². The Morgan fingerprint density at radius 3 is 2.86 bits per heavy atom. The Bertz CT molecular complexity index is 546. The van der Waals surface area contributed by atoms with Crippen molar-refractivity contribution in [3.8, 4) is 0 Å². The number of rotatable bonds is 7. The normalized spacial score (nSPS) is 11.6. The largest absolute Gasteiger partial charge is 0.357 e. The van der Waals surface area contributed by atoms with Crippen LogP contribution in [0.5, 0.6) is 0 Å². The lowest BCUT2D eigenvalue weighted by atomic mass is 10.3. The number of thiazole rings is 1. The zero-order chi connectivity index (χ0) is 14.9. The van der Waals surface area contributed by atoms with Crippen LogP contribution in [0.4, 0.5) is 0 Å². The highest BCUT2D eigenvalue weighted by molar-refractivity contribution is 7.10. The Hall–Kier alpha value is -1.40. The number of hydrogen-bond donors (Lipinski definition) is 2. The zero-order valence-electron chi connectivity index (χ0n) is 12.6. The molecule has 114 valence electrons. The molecule has 0 radical (unpaired) electrons. The maximum absolute atomic E-state index is 4.60. The molecule has 0 aromatic carbocycles. The Morgan fingerprint density at radius 2 is 2.19 bits per heavy atom.